The first-order valence-electron chi connectivity index (χ1n) is 7.99. The van der Waals surface area contributed by atoms with Gasteiger partial charge in [-0.25, -0.2) is 13.4 Å². The Bertz CT molecular complexity index is 1110. The minimum absolute atomic E-state index is 0.0131. The molecule has 4 nitrogen and oxygen atoms in total. The van der Waals surface area contributed by atoms with E-state index in [9.17, 15) is 21.6 Å². The van der Waals surface area contributed by atoms with Gasteiger partial charge in [0.25, 0.3) is 10.0 Å². The summed E-state index contributed by atoms with van der Waals surface area (Å²) in [6.45, 7) is 1.90. The van der Waals surface area contributed by atoms with Crippen LogP contribution in [0, 0.1) is 6.92 Å². The van der Waals surface area contributed by atoms with Crippen LogP contribution in [0.25, 0.3) is 11.1 Å². The summed E-state index contributed by atoms with van der Waals surface area (Å²) in [5.74, 6) is -0.0131. The molecule has 1 N–H and O–H groups in total. The van der Waals surface area contributed by atoms with E-state index in [4.69, 9.17) is 11.6 Å². The van der Waals surface area contributed by atoms with Crippen LogP contribution in [0.3, 0.4) is 0 Å². The standard InChI is InChI=1S/C19H14ClF3N2O2S/c1-12-5-7-15(20)10-17(12)13-6-8-18(24-11-13)25-28(26,27)16-4-2-3-14(9-16)19(21,22)23/h2-11H,1H3,(H,24,25). The monoisotopic (exact) mass is 426 g/mol. The summed E-state index contributed by atoms with van der Waals surface area (Å²) in [6, 6.07) is 12.0. The summed E-state index contributed by atoms with van der Waals surface area (Å²) in [7, 11) is -4.22. The van der Waals surface area contributed by atoms with Gasteiger partial charge in [0.2, 0.25) is 0 Å². The normalized spacial score (nSPS) is 12.0. The maximum Gasteiger partial charge on any atom is 0.416 e. The third-order valence-electron chi connectivity index (χ3n) is 3.98. The van der Waals surface area contributed by atoms with Crippen LogP contribution in [0.2, 0.25) is 5.02 Å². The number of hydrogen-bond donors (Lipinski definition) is 1. The van der Waals surface area contributed by atoms with Crippen molar-refractivity contribution in [2.24, 2.45) is 0 Å². The average molecular weight is 427 g/mol. The summed E-state index contributed by atoms with van der Waals surface area (Å²) in [4.78, 5) is 3.55. The summed E-state index contributed by atoms with van der Waals surface area (Å²) in [5.41, 5.74) is 1.48. The number of rotatable bonds is 4. The molecule has 2 aromatic carbocycles. The third kappa shape index (κ3) is 4.45. The summed E-state index contributed by atoms with van der Waals surface area (Å²) in [5, 5.41) is 0.551. The number of halogens is 4. The predicted molar refractivity (Wildman–Crippen MR) is 102 cm³/mol. The van der Waals surface area contributed by atoms with Crippen LogP contribution in [0.15, 0.2) is 65.7 Å². The van der Waals surface area contributed by atoms with Gasteiger partial charge in [-0.2, -0.15) is 13.2 Å². The number of pyridine rings is 1. The van der Waals surface area contributed by atoms with Crippen LogP contribution in [-0.4, -0.2) is 13.4 Å². The maximum absolute atomic E-state index is 12.8. The van der Waals surface area contributed by atoms with Crippen LogP contribution >= 0.6 is 11.6 Å². The Morgan fingerprint density at radius 3 is 2.43 bits per heavy atom. The van der Waals surface area contributed by atoms with Gasteiger partial charge in [0.05, 0.1) is 10.5 Å². The lowest BCUT2D eigenvalue weighted by Gasteiger charge is -2.11. The molecule has 0 bridgehead atoms. The topological polar surface area (TPSA) is 59.1 Å². The van der Waals surface area contributed by atoms with Crippen molar-refractivity contribution in [1.82, 2.24) is 4.98 Å². The number of anilines is 1. The Kier molecular flexibility index (Phi) is 5.36. The molecule has 146 valence electrons. The molecule has 0 spiro atoms. The number of sulfonamides is 1. The summed E-state index contributed by atoms with van der Waals surface area (Å²) >= 11 is 6.01. The number of benzene rings is 2. The van der Waals surface area contributed by atoms with Gasteiger partial charge in [-0.1, -0.05) is 23.7 Å². The zero-order valence-corrected chi connectivity index (χ0v) is 16.0. The largest absolute Gasteiger partial charge is 0.416 e. The molecule has 3 rings (SSSR count). The first-order chi connectivity index (χ1) is 13.1. The zero-order chi connectivity index (χ0) is 20.5. The SMILES string of the molecule is Cc1ccc(Cl)cc1-c1ccc(NS(=O)(=O)c2cccc(C(F)(F)F)c2)nc1. The minimum atomic E-state index is -4.64. The second-order valence-electron chi connectivity index (χ2n) is 6.02. The fourth-order valence-electron chi connectivity index (χ4n) is 2.55. The summed E-state index contributed by atoms with van der Waals surface area (Å²) < 4.78 is 65.4. The Balaban J connectivity index is 1.87. The number of nitrogens with zero attached hydrogens (tertiary/aromatic N) is 1. The van der Waals surface area contributed by atoms with Crippen molar-refractivity contribution >= 4 is 27.4 Å². The van der Waals surface area contributed by atoms with Gasteiger partial charge in [0.1, 0.15) is 5.82 Å². The number of nitrogens with one attached hydrogen (secondary N) is 1. The van der Waals surface area contributed by atoms with E-state index in [-0.39, 0.29) is 5.82 Å². The molecular formula is C19H14ClF3N2O2S. The van der Waals surface area contributed by atoms with E-state index < -0.39 is 26.7 Å². The van der Waals surface area contributed by atoms with Gasteiger partial charge >= 0.3 is 6.18 Å². The number of alkyl halides is 3. The molecule has 0 saturated heterocycles. The molecule has 0 unspecified atom stereocenters. The zero-order valence-electron chi connectivity index (χ0n) is 14.5. The van der Waals surface area contributed by atoms with E-state index in [2.05, 4.69) is 9.71 Å². The Morgan fingerprint density at radius 2 is 1.79 bits per heavy atom. The van der Waals surface area contributed by atoms with Crippen LogP contribution in [-0.2, 0) is 16.2 Å². The van der Waals surface area contributed by atoms with Crippen molar-refractivity contribution in [3.8, 4) is 11.1 Å². The number of hydrogen-bond acceptors (Lipinski definition) is 3. The highest BCUT2D eigenvalue weighted by atomic mass is 35.5. The van der Waals surface area contributed by atoms with E-state index in [0.29, 0.717) is 11.1 Å². The molecule has 0 amide bonds. The van der Waals surface area contributed by atoms with Crippen molar-refractivity contribution in [2.75, 3.05) is 4.72 Å². The second-order valence-corrected chi connectivity index (χ2v) is 8.14. The predicted octanol–water partition coefficient (Wildman–Crippen LogP) is 5.53. The van der Waals surface area contributed by atoms with Crippen molar-refractivity contribution in [2.45, 2.75) is 18.0 Å². The smallest absolute Gasteiger partial charge is 0.263 e. The second kappa shape index (κ2) is 7.44. The van der Waals surface area contributed by atoms with E-state index in [1.807, 2.05) is 13.0 Å². The molecule has 3 aromatic rings. The van der Waals surface area contributed by atoms with E-state index in [1.54, 1.807) is 18.2 Å². The highest BCUT2D eigenvalue weighted by Crippen LogP contribution is 2.31. The van der Waals surface area contributed by atoms with Crippen molar-refractivity contribution in [3.63, 3.8) is 0 Å². The lowest BCUT2D eigenvalue weighted by Crippen LogP contribution is -2.15. The molecule has 0 aliphatic rings. The Hall–Kier alpha value is -2.58. The van der Waals surface area contributed by atoms with Crippen molar-refractivity contribution < 1.29 is 21.6 Å². The van der Waals surface area contributed by atoms with Crippen LogP contribution in [0.5, 0.6) is 0 Å². The molecule has 0 aliphatic heterocycles. The van der Waals surface area contributed by atoms with E-state index in [0.717, 1.165) is 34.9 Å². The fourth-order valence-corrected chi connectivity index (χ4v) is 3.78. The van der Waals surface area contributed by atoms with E-state index >= 15 is 0 Å². The molecule has 0 saturated carbocycles. The lowest BCUT2D eigenvalue weighted by molar-refractivity contribution is -0.137. The van der Waals surface area contributed by atoms with Gasteiger partial charge < -0.3 is 0 Å². The van der Waals surface area contributed by atoms with Gasteiger partial charge in [-0.3, -0.25) is 4.72 Å². The number of aromatic nitrogens is 1. The first-order valence-corrected chi connectivity index (χ1v) is 9.85. The summed E-state index contributed by atoms with van der Waals surface area (Å²) in [6.07, 6.45) is -3.18. The first kappa shape index (κ1) is 20.2. The van der Waals surface area contributed by atoms with Crippen LogP contribution in [0.4, 0.5) is 19.0 Å². The maximum atomic E-state index is 12.8. The molecule has 9 heteroatoms. The molecule has 1 aromatic heterocycles. The number of aryl methyl sites for hydroxylation is 1. The van der Waals surface area contributed by atoms with Crippen LogP contribution < -0.4 is 4.72 Å². The van der Waals surface area contributed by atoms with E-state index in [1.165, 1.54) is 12.3 Å². The van der Waals surface area contributed by atoms with Gasteiger partial charge in [-0.05, 0) is 60.5 Å². The highest BCUT2D eigenvalue weighted by Gasteiger charge is 2.31. The highest BCUT2D eigenvalue weighted by molar-refractivity contribution is 7.92. The molecule has 28 heavy (non-hydrogen) atoms. The Morgan fingerprint density at radius 1 is 1.04 bits per heavy atom. The van der Waals surface area contributed by atoms with Crippen molar-refractivity contribution in [1.29, 1.82) is 0 Å². The third-order valence-corrected chi connectivity index (χ3v) is 5.57. The Labute approximate surface area is 165 Å². The van der Waals surface area contributed by atoms with Gasteiger partial charge in [-0.15, -0.1) is 0 Å². The van der Waals surface area contributed by atoms with Gasteiger partial charge in [0, 0.05) is 16.8 Å². The fraction of sp³-hybridized carbons (Fsp3) is 0.105. The quantitative estimate of drug-likeness (QED) is 0.596. The minimum Gasteiger partial charge on any atom is -0.263 e. The molecular weight excluding hydrogens is 413 g/mol. The van der Waals surface area contributed by atoms with Gasteiger partial charge in [0.15, 0.2) is 0 Å². The molecule has 1 heterocycles. The molecule has 0 aliphatic carbocycles. The molecule has 0 radical (unpaired) electrons. The van der Waals surface area contributed by atoms with Crippen LogP contribution in [0.1, 0.15) is 11.1 Å². The lowest BCUT2D eigenvalue weighted by atomic mass is 10.0. The molecule has 0 fully saturated rings. The molecule has 0 atom stereocenters. The average Bonchev–Trinajstić information content (AvgIpc) is 2.64. The van der Waals surface area contributed by atoms with Crippen molar-refractivity contribution in [3.05, 3.63) is 76.9 Å².